The Morgan fingerprint density at radius 3 is 2.83 bits per heavy atom. The number of aliphatic imine (C=N–C) groups is 1. The summed E-state index contributed by atoms with van der Waals surface area (Å²) in [5.74, 6) is -1.54. The van der Waals surface area contributed by atoms with E-state index >= 15 is 0 Å². The molecule has 1 heterocycles. The van der Waals surface area contributed by atoms with Crippen molar-refractivity contribution in [3.8, 4) is 0 Å². The third kappa shape index (κ3) is 3.37. The van der Waals surface area contributed by atoms with Crippen LogP contribution in [0.2, 0.25) is 0 Å². The highest BCUT2D eigenvalue weighted by Gasteiger charge is 2.25. The van der Waals surface area contributed by atoms with Crippen LogP contribution in [0.4, 0.5) is 11.4 Å². The summed E-state index contributed by atoms with van der Waals surface area (Å²) in [5, 5.41) is 13.2. The molecule has 0 saturated carbocycles. The number of anilines is 1. The lowest BCUT2D eigenvalue weighted by atomic mass is 10.1. The third-order valence-corrected chi connectivity index (χ3v) is 3.72. The molecule has 0 unspecified atom stereocenters. The number of nitrogens with one attached hydrogen (secondary N) is 1. The zero-order chi connectivity index (χ0) is 16.4. The van der Waals surface area contributed by atoms with Gasteiger partial charge in [0.05, 0.1) is 17.3 Å². The first-order valence-electron chi connectivity index (χ1n) is 6.72. The minimum Gasteiger partial charge on any atom is -0.545 e. The van der Waals surface area contributed by atoms with Crippen molar-refractivity contribution >= 4 is 51.0 Å². The summed E-state index contributed by atoms with van der Waals surface area (Å²) in [6, 6.07) is 12.4. The molecule has 6 heteroatoms. The molecule has 0 aliphatic carbocycles. The van der Waals surface area contributed by atoms with Gasteiger partial charge in [-0.3, -0.25) is 4.79 Å². The fraction of sp³-hybridized carbons (Fsp3) is 0. The highest BCUT2D eigenvalue weighted by Crippen LogP contribution is 2.28. The van der Waals surface area contributed by atoms with Crippen LogP contribution < -0.4 is 10.4 Å². The van der Waals surface area contributed by atoms with Gasteiger partial charge in [-0.25, -0.2) is 4.99 Å². The number of carbonyl (C=O) groups excluding carboxylic acids is 2. The van der Waals surface area contributed by atoms with E-state index in [1.54, 1.807) is 30.3 Å². The second-order valence-corrected chi connectivity index (χ2v) is 5.77. The molecule has 5 nitrogen and oxygen atoms in total. The van der Waals surface area contributed by atoms with E-state index in [-0.39, 0.29) is 5.91 Å². The predicted molar refractivity (Wildman–Crippen MR) is 89.5 cm³/mol. The molecule has 0 aromatic heterocycles. The maximum atomic E-state index is 12.1. The number of carboxylic acids is 1. The van der Waals surface area contributed by atoms with Gasteiger partial charge in [0.15, 0.2) is 0 Å². The molecule has 23 heavy (non-hydrogen) atoms. The van der Waals surface area contributed by atoms with Gasteiger partial charge in [0, 0.05) is 10.0 Å². The summed E-state index contributed by atoms with van der Waals surface area (Å²) in [7, 11) is 0. The molecule has 0 spiro atoms. The average Bonchev–Trinajstić information content (AvgIpc) is 2.81. The molecule has 1 N–H and O–H groups in total. The van der Waals surface area contributed by atoms with Crippen LogP contribution in [0.3, 0.4) is 0 Å². The fourth-order valence-corrected chi connectivity index (χ4v) is 2.59. The van der Waals surface area contributed by atoms with E-state index in [2.05, 4.69) is 26.2 Å². The van der Waals surface area contributed by atoms with Gasteiger partial charge in [-0.05, 0) is 42.0 Å². The lowest BCUT2D eigenvalue weighted by Crippen LogP contribution is -2.18. The van der Waals surface area contributed by atoms with Crippen LogP contribution in [0.25, 0.3) is 6.08 Å². The number of hydrogen-bond donors (Lipinski definition) is 1. The minimum absolute atomic E-state index is 0.270. The van der Waals surface area contributed by atoms with Crippen molar-refractivity contribution in [1.82, 2.24) is 0 Å². The number of carboxylic acid groups (broad SMARTS) is 1. The van der Waals surface area contributed by atoms with Gasteiger partial charge >= 0.3 is 0 Å². The monoisotopic (exact) mass is 369 g/mol. The topological polar surface area (TPSA) is 81.6 Å². The van der Waals surface area contributed by atoms with Crippen LogP contribution in [-0.4, -0.2) is 17.6 Å². The maximum absolute atomic E-state index is 12.1. The van der Waals surface area contributed by atoms with E-state index in [1.807, 2.05) is 12.1 Å². The second-order valence-electron chi connectivity index (χ2n) is 4.85. The molecule has 2 aromatic carbocycles. The third-order valence-electron chi connectivity index (χ3n) is 3.22. The smallest absolute Gasteiger partial charge is 0.275 e. The lowest BCUT2D eigenvalue weighted by molar-refractivity contribution is -0.297. The van der Waals surface area contributed by atoms with E-state index < -0.39 is 5.97 Å². The zero-order valence-corrected chi connectivity index (χ0v) is 13.3. The number of nitrogens with zero attached hydrogens (tertiary/aromatic N) is 1. The zero-order valence-electron chi connectivity index (χ0n) is 11.7. The number of rotatable bonds is 3. The Morgan fingerprint density at radius 1 is 1.22 bits per heavy atom. The van der Waals surface area contributed by atoms with Crippen LogP contribution >= 0.6 is 15.9 Å². The predicted octanol–water partition coefficient (Wildman–Crippen LogP) is 2.29. The Bertz CT molecular complexity index is 872. The molecule has 0 radical (unpaired) electrons. The van der Waals surface area contributed by atoms with E-state index in [0.717, 1.165) is 16.1 Å². The molecule has 3 rings (SSSR count). The van der Waals surface area contributed by atoms with Crippen LogP contribution in [0, 0.1) is 0 Å². The van der Waals surface area contributed by atoms with Gasteiger partial charge in [0.25, 0.3) is 5.91 Å². The average molecular weight is 370 g/mol. The summed E-state index contributed by atoms with van der Waals surface area (Å²) in [6.45, 7) is 0. The summed E-state index contributed by atoms with van der Waals surface area (Å²) in [4.78, 5) is 27.0. The second kappa shape index (κ2) is 6.18. The normalized spacial score (nSPS) is 15.0. The largest absolute Gasteiger partial charge is 0.545 e. The van der Waals surface area contributed by atoms with Gasteiger partial charge in [0.2, 0.25) is 0 Å². The van der Waals surface area contributed by atoms with Gasteiger partial charge in [0.1, 0.15) is 5.71 Å². The number of hydrogen-bond acceptors (Lipinski definition) is 4. The number of amides is 1. The molecular formula is C17H10BrN2O3-. The van der Waals surface area contributed by atoms with Crippen LogP contribution in [0.1, 0.15) is 11.1 Å². The SMILES string of the molecule is O=C([O-])/C=C/c1cccc(N=C2C(=O)Nc3ccc(Br)cc32)c1. The summed E-state index contributed by atoms with van der Waals surface area (Å²) in [6.07, 6.45) is 2.36. The number of benzene rings is 2. The minimum atomic E-state index is -1.27. The van der Waals surface area contributed by atoms with Crippen molar-refractivity contribution in [2.24, 2.45) is 4.99 Å². The van der Waals surface area contributed by atoms with Gasteiger partial charge in [-0.1, -0.05) is 34.1 Å². The molecule has 2 aromatic rings. The molecule has 0 fully saturated rings. The first kappa shape index (κ1) is 15.2. The molecular weight excluding hydrogens is 360 g/mol. The highest BCUT2D eigenvalue weighted by atomic mass is 79.9. The van der Waals surface area contributed by atoms with Crippen LogP contribution in [0.15, 0.2) is 58.0 Å². The Balaban J connectivity index is 1.99. The van der Waals surface area contributed by atoms with Crippen molar-refractivity contribution in [3.05, 3.63) is 64.1 Å². The first-order chi connectivity index (χ1) is 11.0. The number of halogens is 1. The Morgan fingerprint density at radius 2 is 2.04 bits per heavy atom. The van der Waals surface area contributed by atoms with E-state index in [4.69, 9.17) is 0 Å². The Hall–Kier alpha value is -2.73. The van der Waals surface area contributed by atoms with E-state index in [0.29, 0.717) is 22.6 Å². The van der Waals surface area contributed by atoms with Crippen LogP contribution in [0.5, 0.6) is 0 Å². The molecule has 1 aliphatic heterocycles. The van der Waals surface area contributed by atoms with Gasteiger partial charge in [-0.2, -0.15) is 0 Å². The number of aliphatic carboxylic acids is 1. The molecule has 0 saturated heterocycles. The van der Waals surface area contributed by atoms with Crippen molar-refractivity contribution in [2.75, 3.05) is 5.32 Å². The van der Waals surface area contributed by atoms with Crippen LogP contribution in [-0.2, 0) is 9.59 Å². The van der Waals surface area contributed by atoms with E-state index in [1.165, 1.54) is 6.08 Å². The summed E-state index contributed by atoms with van der Waals surface area (Å²) >= 11 is 3.38. The molecule has 1 aliphatic rings. The van der Waals surface area contributed by atoms with Crippen molar-refractivity contribution in [3.63, 3.8) is 0 Å². The number of carbonyl (C=O) groups is 2. The molecule has 1 amide bonds. The maximum Gasteiger partial charge on any atom is 0.275 e. The highest BCUT2D eigenvalue weighted by molar-refractivity contribution is 9.10. The van der Waals surface area contributed by atoms with Gasteiger partial charge in [-0.15, -0.1) is 0 Å². The first-order valence-corrected chi connectivity index (χ1v) is 7.51. The Labute approximate surface area is 140 Å². The van der Waals surface area contributed by atoms with E-state index in [9.17, 15) is 14.7 Å². The lowest BCUT2D eigenvalue weighted by Gasteiger charge is -2.01. The standard InChI is InChI=1S/C17H11BrN2O3/c18-11-5-6-14-13(9-11)16(17(23)20-14)19-12-3-1-2-10(8-12)4-7-15(21)22/h1-9H,(H,21,22)(H,19,20,23)/p-1/b7-4+. The van der Waals surface area contributed by atoms with Crippen molar-refractivity contribution in [2.45, 2.75) is 0 Å². The van der Waals surface area contributed by atoms with Crippen molar-refractivity contribution < 1.29 is 14.7 Å². The summed E-state index contributed by atoms with van der Waals surface area (Å²) < 4.78 is 0.853. The fourth-order valence-electron chi connectivity index (χ4n) is 2.23. The molecule has 0 atom stereocenters. The summed E-state index contributed by atoms with van der Waals surface area (Å²) in [5.41, 5.74) is 2.97. The quantitative estimate of drug-likeness (QED) is 0.842. The Kier molecular flexibility index (Phi) is 4.08. The van der Waals surface area contributed by atoms with Gasteiger partial charge < -0.3 is 15.2 Å². The molecule has 0 bridgehead atoms. The molecule has 114 valence electrons. The van der Waals surface area contributed by atoms with Crippen molar-refractivity contribution in [1.29, 1.82) is 0 Å². The number of fused-ring (bicyclic) bond motifs is 1.